The minimum absolute atomic E-state index is 0.0267. The number of hydrogen-bond donors (Lipinski definition) is 1. The van der Waals surface area contributed by atoms with Gasteiger partial charge in [-0.2, -0.15) is 5.10 Å². The molecule has 3 aliphatic heterocycles. The quantitative estimate of drug-likeness (QED) is 0.580. The minimum Gasteiger partial charge on any atom is -0.444 e. The maximum absolute atomic E-state index is 15.4. The maximum atomic E-state index is 15.4. The lowest BCUT2D eigenvalue weighted by molar-refractivity contribution is -0.134. The topological polar surface area (TPSA) is 96.8 Å². The van der Waals surface area contributed by atoms with Gasteiger partial charge in [-0.05, 0) is 82.9 Å². The predicted molar refractivity (Wildman–Crippen MR) is 146 cm³/mol. The SMILES string of the molecule is Cn1nc(C2CCC(=O)NC2=O)c2ccc(N3CCC(CC4CCN(C(=O)OC(C)(C)C)CC4)[C@@H](F)C3)cc21. The van der Waals surface area contributed by atoms with Crippen LogP contribution in [0.2, 0.25) is 0 Å². The van der Waals surface area contributed by atoms with E-state index in [1.807, 2.05) is 46.0 Å². The molecular formula is C29H40FN5O4. The number of nitrogens with zero attached hydrogens (tertiary/aromatic N) is 4. The molecule has 1 aromatic heterocycles. The fourth-order valence-corrected chi connectivity index (χ4v) is 6.24. The summed E-state index contributed by atoms with van der Waals surface area (Å²) < 4.78 is 22.7. The summed E-state index contributed by atoms with van der Waals surface area (Å²) in [7, 11) is 1.85. The van der Waals surface area contributed by atoms with Gasteiger partial charge in [-0.15, -0.1) is 0 Å². The van der Waals surface area contributed by atoms with Gasteiger partial charge in [-0.1, -0.05) is 0 Å². The Labute approximate surface area is 229 Å². The number of carbonyl (C=O) groups is 3. The summed E-state index contributed by atoms with van der Waals surface area (Å²) in [6.45, 7) is 8.09. The lowest BCUT2D eigenvalue weighted by atomic mass is 9.82. The number of anilines is 1. The highest BCUT2D eigenvalue weighted by Crippen LogP contribution is 2.36. The summed E-state index contributed by atoms with van der Waals surface area (Å²) in [5.41, 5.74) is 2.03. The summed E-state index contributed by atoms with van der Waals surface area (Å²) in [6, 6.07) is 5.98. The zero-order chi connectivity index (χ0) is 27.9. The standard InChI is InChI=1S/C29H40FN5O4/c1-29(2,3)39-28(38)34-12-9-18(10-13-34)15-19-11-14-35(17-23(19)30)20-5-6-21-24(16-20)33(4)32-26(21)22-7-8-25(36)31-27(22)37/h5-6,16,18-19,22-23H,7-15,17H2,1-4H3,(H,31,36,37)/t19?,22?,23-/m0/s1. The van der Waals surface area contributed by atoms with Gasteiger partial charge in [0.05, 0.1) is 17.1 Å². The van der Waals surface area contributed by atoms with E-state index < -0.39 is 17.7 Å². The number of amides is 3. The Morgan fingerprint density at radius 2 is 1.87 bits per heavy atom. The molecule has 0 spiro atoms. The average Bonchev–Trinajstić information content (AvgIpc) is 3.20. The third-order valence-electron chi connectivity index (χ3n) is 8.38. The van der Waals surface area contributed by atoms with Crippen molar-refractivity contribution in [3.8, 4) is 0 Å². The molecule has 3 atom stereocenters. The second-order valence-electron chi connectivity index (χ2n) is 12.4. The first-order valence-electron chi connectivity index (χ1n) is 14.2. The van der Waals surface area contributed by atoms with Crippen LogP contribution in [0.5, 0.6) is 0 Å². The molecule has 3 saturated heterocycles. The van der Waals surface area contributed by atoms with Crippen LogP contribution in [0.4, 0.5) is 14.9 Å². The van der Waals surface area contributed by atoms with Crippen LogP contribution in [0.1, 0.15) is 70.9 Å². The van der Waals surface area contributed by atoms with Crippen LogP contribution in [0, 0.1) is 11.8 Å². The van der Waals surface area contributed by atoms with Gasteiger partial charge in [0, 0.05) is 50.7 Å². The van der Waals surface area contributed by atoms with Crippen molar-refractivity contribution >= 4 is 34.5 Å². The number of hydrogen-bond acceptors (Lipinski definition) is 6. The van der Waals surface area contributed by atoms with E-state index in [0.717, 1.165) is 48.8 Å². The van der Waals surface area contributed by atoms with Crippen LogP contribution in [-0.2, 0) is 21.4 Å². The molecule has 0 saturated carbocycles. The normalized spacial score (nSPS) is 25.2. The van der Waals surface area contributed by atoms with Crippen molar-refractivity contribution in [2.75, 3.05) is 31.1 Å². The molecule has 4 heterocycles. The fraction of sp³-hybridized carbons (Fsp3) is 0.655. The van der Waals surface area contributed by atoms with Gasteiger partial charge in [0.15, 0.2) is 0 Å². The summed E-state index contributed by atoms with van der Waals surface area (Å²) in [6.07, 6.45) is 3.01. The van der Waals surface area contributed by atoms with E-state index >= 15 is 4.39 Å². The first-order valence-corrected chi connectivity index (χ1v) is 14.2. The second-order valence-corrected chi connectivity index (χ2v) is 12.4. The molecule has 212 valence electrons. The number of ether oxygens (including phenoxy) is 1. The molecule has 0 bridgehead atoms. The van der Waals surface area contributed by atoms with Crippen molar-refractivity contribution in [1.29, 1.82) is 0 Å². The fourth-order valence-electron chi connectivity index (χ4n) is 6.24. The van der Waals surface area contributed by atoms with Crippen LogP contribution in [0.3, 0.4) is 0 Å². The summed E-state index contributed by atoms with van der Waals surface area (Å²) in [4.78, 5) is 40.2. The van der Waals surface area contributed by atoms with Crippen molar-refractivity contribution in [2.24, 2.45) is 18.9 Å². The summed E-state index contributed by atoms with van der Waals surface area (Å²) >= 11 is 0. The van der Waals surface area contributed by atoms with Gasteiger partial charge in [0.2, 0.25) is 11.8 Å². The molecule has 3 amide bonds. The van der Waals surface area contributed by atoms with Crippen LogP contribution in [0.25, 0.3) is 10.9 Å². The number of likely N-dealkylation sites (tertiary alicyclic amines) is 1. The molecular weight excluding hydrogens is 501 g/mol. The van der Waals surface area contributed by atoms with Crippen molar-refractivity contribution in [1.82, 2.24) is 20.0 Å². The Kier molecular flexibility index (Phi) is 7.57. The molecule has 3 fully saturated rings. The molecule has 0 aliphatic carbocycles. The van der Waals surface area contributed by atoms with Gasteiger partial charge in [-0.25, -0.2) is 9.18 Å². The number of aryl methyl sites for hydroxylation is 1. The highest BCUT2D eigenvalue weighted by Gasteiger charge is 2.35. The number of aromatic nitrogens is 2. The maximum Gasteiger partial charge on any atom is 0.410 e. The summed E-state index contributed by atoms with van der Waals surface area (Å²) in [5.74, 6) is -0.532. The van der Waals surface area contributed by atoms with Gasteiger partial charge in [0.1, 0.15) is 11.8 Å². The monoisotopic (exact) mass is 541 g/mol. The molecule has 3 aliphatic rings. The van der Waals surface area contributed by atoms with Gasteiger partial charge in [-0.3, -0.25) is 19.6 Å². The Balaban J connectivity index is 1.18. The molecule has 0 radical (unpaired) electrons. The highest BCUT2D eigenvalue weighted by atomic mass is 19.1. The summed E-state index contributed by atoms with van der Waals surface area (Å²) in [5, 5.41) is 7.93. The van der Waals surface area contributed by atoms with E-state index in [9.17, 15) is 14.4 Å². The van der Waals surface area contributed by atoms with Crippen LogP contribution >= 0.6 is 0 Å². The van der Waals surface area contributed by atoms with E-state index in [1.54, 1.807) is 9.58 Å². The first kappa shape index (κ1) is 27.4. The average molecular weight is 542 g/mol. The number of nitrogens with one attached hydrogen (secondary N) is 1. The van der Waals surface area contributed by atoms with E-state index in [2.05, 4.69) is 15.3 Å². The molecule has 39 heavy (non-hydrogen) atoms. The lowest BCUT2D eigenvalue weighted by Crippen LogP contribution is -2.44. The zero-order valence-electron chi connectivity index (χ0n) is 23.4. The predicted octanol–water partition coefficient (Wildman–Crippen LogP) is 4.30. The van der Waals surface area contributed by atoms with Crippen LogP contribution in [-0.4, -0.2) is 70.5 Å². The Bertz CT molecular complexity index is 1250. The number of alkyl halides is 1. The number of carbonyl (C=O) groups excluding carboxylic acids is 3. The number of benzene rings is 1. The second kappa shape index (κ2) is 10.8. The Morgan fingerprint density at radius 1 is 1.13 bits per heavy atom. The minimum atomic E-state index is -0.913. The van der Waals surface area contributed by atoms with E-state index in [-0.39, 0.29) is 23.8 Å². The van der Waals surface area contributed by atoms with E-state index in [4.69, 9.17) is 4.74 Å². The molecule has 1 N–H and O–H groups in total. The number of halogens is 1. The number of rotatable bonds is 4. The van der Waals surface area contributed by atoms with Gasteiger partial charge in [0.25, 0.3) is 0 Å². The van der Waals surface area contributed by atoms with Gasteiger partial charge >= 0.3 is 6.09 Å². The Morgan fingerprint density at radius 3 is 2.54 bits per heavy atom. The number of piperidine rings is 3. The number of fused-ring (bicyclic) bond motifs is 1. The first-order chi connectivity index (χ1) is 18.5. The molecule has 2 unspecified atom stereocenters. The number of imide groups is 1. The largest absolute Gasteiger partial charge is 0.444 e. The van der Waals surface area contributed by atoms with Crippen LogP contribution in [0.15, 0.2) is 18.2 Å². The lowest BCUT2D eigenvalue weighted by Gasteiger charge is -2.39. The molecule has 9 nitrogen and oxygen atoms in total. The van der Waals surface area contributed by atoms with Crippen molar-refractivity contribution in [3.05, 3.63) is 23.9 Å². The third kappa shape index (κ3) is 6.04. The molecule has 5 rings (SSSR count). The molecule has 2 aromatic rings. The van der Waals surface area contributed by atoms with Crippen LogP contribution < -0.4 is 10.2 Å². The van der Waals surface area contributed by atoms with E-state index in [1.165, 1.54) is 0 Å². The Hall–Kier alpha value is -3.17. The molecule has 1 aromatic carbocycles. The van der Waals surface area contributed by atoms with E-state index in [0.29, 0.717) is 44.1 Å². The van der Waals surface area contributed by atoms with Gasteiger partial charge < -0.3 is 14.5 Å². The highest BCUT2D eigenvalue weighted by molar-refractivity contribution is 6.02. The van der Waals surface area contributed by atoms with Crippen molar-refractivity contribution in [2.45, 2.75) is 77.0 Å². The van der Waals surface area contributed by atoms with Crippen molar-refractivity contribution < 1.29 is 23.5 Å². The zero-order valence-corrected chi connectivity index (χ0v) is 23.4. The third-order valence-corrected chi connectivity index (χ3v) is 8.38. The molecule has 10 heteroatoms. The van der Waals surface area contributed by atoms with Crippen molar-refractivity contribution in [3.63, 3.8) is 0 Å². The smallest absolute Gasteiger partial charge is 0.410 e.